The topological polar surface area (TPSA) is 73.2 Å². The molecule has 6 heteroatoms. The van der Waals surface area contributed by atoms with Crippen LogP contribution >= 0.6 is 11.8 Å². The number of carbonyl (C=O) groups is 2. The molecule has 0 radical (unpaired) electrons. The van der Waals surface area contributed by atoms with Gasteiger partial charge >= 0.3 is 0 Å². The van der Waals surface area contributed by atoms with Crippen LogP contribution in [0, 0.1) is 11.3 Å². The average molecular weight is 401 g/mol. The van der Waals surface area contributed by atoms with Crippen molar-refractivity contribution in [1.82, 2.24) is 4.90 Å². The van der Waals surface area contributed by atoms with Crippen LogP contribution in [0.15, 0.2) is 66.7 Å². The van der Waals surface area contributed by atoms with Crippen LogP contribution in [-0.4, -0.2) is 34.4 Å². The summed E-state index contributed by atoms with van der Waals surface area (Å²) in [6.07, 6.45) is 0.270. The van der Waals surface area contributed by atoms with Gasteiger partial charge in [-0.05, 0) is 40.6 Å². The van der Waals surface area contributed by atoms with Crippen molar-refractivity contribution in [2.45, 2.75) is 12.5 Å². The molecule has 0 aliphatic carbocycles. The van der Waals surface area contributed by atoms with Gasteiger partial charge in [-0.3, -0.25) is 9.59 Å². The molecule has 0 bridgehead atoms. The zero-order valence-corrected chi connectivity index (χ0v) is 16.5. The third kappa shape index (κ3) is 4.25. The summed E-state index contributed by atoms with van der Waals surface area (Å²) in [6, 6.07) is 22.3. The molecule has 3 aromatic rings. The van der Waals surface area contributed by atoms with E-state index < -0.39 is 6.04 Å². The Morgan fingerprint density at radius 1 is 1.07 bits per heavy atom. The van der Waals surface area contributed by atoms with E-state index in [0.29, 0.717) is 22.9 Å². The number of nitrogens with zero attached hydrogens (tertiary/aromatic N) is 2. The predicted octanol–water partition coefficient (Wildman–Crippen LogP) is 3.79. The lowest BCUT2D eigenvalue weighted by Crippen LogP contribution is -2.45. The number of hydrogen-bond acceptors (Lipinski definition) is 4. The summed E-state index contributed by atoms with van der Waals surface area (Å²) in [5.74, 6) is 0.834. The highest BCUT2D eigenvalue weighted by molar-refractivity contribution is 7.99. The first-order valence-electron chi connectivity index (χ1n) is 9.30. The molecular formula is C23H19N3O2S. The minimum atomic E-state index is -0.497. The molecule has 4 rings (SSSR count). The molecule has 3 aromatic carbocycles. The van der Waals surface area contributed by atoms with Crippen LogP contribution in [0.5, 0.6) is 0 Å². The summed E-state index contributed by atoms with van der Waals surface area (Å²) in [5, 5.41) is 14.0. The first kappa shape index (κ1) is 19.0. The number of amides is 2. The van der Waals surface area contributed by atoms with Gasteiger partial charge in [0.05, 0.1) is 23.9 Å². The number of rotatable bonds is 4. The Morgan fingerprint density at radius 2 is 1.83 bits per heavy atom. The van der Waals surface area contributed by atoms with Gasteiger partial charge in [0.1, 0.15) is 6.04 Å². The molecule has 1 aliphatic heterocycles. The molecule has 1 atom stereocenters. The Bertz CT molecular complexity index is 1110. The van der Waals surface area contributed by atoms with Gasteiger partial charge in [0.2, 0.25) is 11.8 Å². The third-order valence-corrected chi connectivity index (χ3v) is 5.97. The van der Waals surface area contributed by atoms with Crippen molar-refractivity contribution in [3.8, 4) is 6.07 Å². The van der Waals surface area contributed by atoms with E-state index in [9.17, 15) is 9.59 Å². The number of fused-ring (bicyclic) bond motifs is 1. The van der Waals surface area contributed by atoms with E-state index >= 15 is 0 Å². The van der Waals surface area contributed by atoms with Crippen LogP contribution < -0.4 is 5.32 Å². The van der Waals surface area contributed by atoms with Gasteiger partial charge in [0.25, 0.3) is 0 Å². The smallest absolute Gasteiger partial charge is 0.248 e. The SMILES string of the molecule is N#Cc1ccc(NC(=O)C2CSCN2C(=O)Cc2ccc3ccccc3c2)cc1. The summed E-state index contributed by atoms with van der Waals surface area (Å²) < 4.78 is 0. The zero-order valence-electron chi connectivity index (χ0n) is 15.7. The van der Waals surface area contributed by atoms with E-state index in [4.69, 9.17) is 5.26 Å². The van der Waals surface area contributed by atoms with Crippen LogP contribution in [0.1, 0.15) is 11.1 Å². The normalized spacial score (nSPS) is 15.8. The summed E-state index contributed by atoms with van der Waals surface area (Å²) in [7, 11) is 0. The van der Waals surface area contributed by atoms with Gasteiger partial charge in [0.15, 0.2) is 0 Å². The van der Waals surface area contributed by atoms with E-state index in [1.807, 2.05) is 48.5 Å². The molecule has 1 N–H and O–H groups in total. The number of carbonyl (C=O) groups excluding carboxylic acids is 2. The van der Waals surface area contributed by atoms with Gasteiger partial charge in [0, 0.05) is 11.4 Å². The predicted molar refractivity (Wildman–Crippen MR) is 115 cm³/mol. The van der Waals surface area contributed by atoms with E-state index in [1.165, 1.54) is 0 Å². The van der Waals surface area contributed by atoms with Crippen molar-refractivity contribution in [3.05, 3.63) is 77.9 Å². The Balaban J connectivity index is 1.44. The highest BCUT2D eigenvalue weighted by atomic mass is 32.2. The lowest BCUT2D eigenvalue weighted by Gasteiger charge is -2.23. The molecule has 1 aliphatic rings. The Hall–Kier alpha value is -3.30. The second-order valence-electron chi connectivity index (χ2n) is 6.92. The van der Waals surface area contributed by atoms with Gasteiger partial charge in [-0.15, -0.1) is 11.8 Å². The maximum atomic E-state index is 12.9. The second kappa shape index (κ2) is 8.38. The van der Waals surface area contributed by atoms with Crippen LogP contribution in [0.25, 0.3) is 10.8 Å². The molecule has 1 fully saturated rings. The fraction of sp³-hybridized carbons (Fsp3) is 0.174. The summed E-state index contributed by atoms with van der Waals surface area (Å²) in [5.41, 5.74) is 2.09. The molecule has 5 nitrogen and oxygen atoms in total. The van der Waals surface area contributed by atoms with Gasteiger partial charge < -0.3 is 10.2 Å². The second-order valence-corrected chi connectivity index (χ2v) is 7.92. The highest BCUT2D eigenvalue weighted by Crippen LogP contribution is 2.24. The molecule has 0 spiro atoms. The van der Waals surface area contributed by atoms with E-state index in [2.05, 4.69) is 5.32 Å². The fourth-order valence-electron chi connectivity index (χ4n) is 3.38. The number of hydrogen-bond donors (Lipinski definition) is 1. The van der Waals surface area contributed by atoms with Crippen molar-refractivity contribution >= 4 is 40.0 Å². The van der Waals surface area contributed by atoms with Crippen molar-refractivity contribution in [3.63, 3.8) is 0 Å². The lowest BCUT2D eigenvalue weighted by atomic mass is 10.0. The van der Waals surface area contributed by atoms with Gasteiger partial charge in [-0.1, -0.05) is 42.5 Å². The summed E-state index contributed by atoms with van der Waals surface area (Å²) >= 11 is 1.58. The maximum Gasteiger partial charge on any atom is 0.248 e. The Morgan fingerprint density at radius 3 is 2.59 bits per heavy atom. The summed E-state index contributed by atoms with van der Waals surface area (Å²) in [4.78, 5) is 27.3. The summed E-state index contributed by atoms with van der Waals surface area (Å²) in [6.45, 7) is 0. The number of nitrogens with one attached hydrogen (secondary N) is 1. The quantitative estimate of drug-likeness (QED) is 0.722. The average Bonchev–Trinajstić information content (AvgIpc) is 3.24. The molecule has 29 heavy (non-hydrogen) atoms. The molecule has 144 valence electrons. The number of thioether (sulfide) groups is 1. The standard InChI is InChI=1S/C23H19N3O2S/c24-13-16-6-9-20(10-7-16)25-23(28)21-14-29-15-26(21)22(27)12-17-5-8-18-3-1-2-4-19(18)11-17/h1-11,21H,12,14-15H2,(H,25,28). The van der Waals surface area contributed by atoms with Gasteiger partial charge in [-0.25, -0.2) is 0 Å². The Kier molecular flexibility index (Phi) is 5.50. The van der Waals surface area contributed by atoms with Crippen molar-refractivity contribution in [1.29, 1.82) is 5.26 Å². The van der Waals surface area contributed by atoms with E-state index in [-0.39, 0.29) is 18.2 Å². The highest BCUT2D eigenvalue weighted by Gasteiger charge is 2.34. The number of benzene rings is 3. The van der Waals surface area contributed by atoms with Crippen molar-refractivity contribution in [2.24, 2.45) is 0 Å². The number of anilines is 1. The fourth-order valence-corrected chi connectivity index (χ4v) is 4.56. The van der Waals surface area contributed by atoms with Crippen LogP contribution in [0.2, 0.25) is 0 Å². The third-order valence-electron chi connectivity index (χ3n) is 4.96. The first-order chi connectivity index (χ1) is 14.1. The lowest BCUT2D eigenvalue weighted by molar-refractivity contribution is -0.135. The van der Waals surface area contributed by atoms with E-state index in [1.54, 1.807) is 40.9 Å². The zero-order chi connectivity index (χ0) is 20.2. The van der Waals surface area contributed by atoms with Crippen LogP contribution in [0.4, 0.5) is 5.69 Å². The van der Waals surface area contributed by atoms with Crippen LogP contribution in [0.3, 0.4) is 0 Å². The molecule has 1 saturated heterocycles. The van der Waals surface area contributed by atoms with Crippen LogP contribution in [-0.2, 0) is 16.0 Å². The molecule has 0 saturated carbocycles. The molecule has 1 heterocycles. The molecule has 1 unspecified atom stereocenters. The maximum absolute atomic E-state index is 12.9. The van der Waals surface area contributed by atoms with Crippen molar-refractivity contribution in [2.75, 3.05) is 16.9 Å². The Labute approximate surface area is 173 Å². The molecule has 2 amide bonds. The van der Waals surface area contributed by atoms with Crippen molar-refractivity contribution < 1.29 is 9.59 Å². The molecule has 0 aromatic heterocycles. The van der Waals surface area contributed by atoms with Gasteiger partial charge in [-0.2, -0.15) is 5.26 Å². The molecular weight excluding hydrogens is 382 g/mol. The van der Waals surface area contributed by atoms with E-state index in [0.717, 1.165) is 16.3 Å². The minimum absolute atomic E-state index is 0.0507. The first-order valence-corrected chi connectivity index (χ1v) is 10.5. The monoisotopic (exact) mass is 401 g/mol. The largest absolute Gasteiger partial charge is 0.324 e. The number of nitriles is 1. The minimum Gasteiger partial charge on any atom is -0.324 e.